The Morgan fingerprint density at radius 3 is 2.04 bits per heavy atom. The first-order valence-electron chi connectivity index (χ1n) is 17.3. The standard InChI is InChI=1S/C35H61O9P/c1-4-5-6-7-8-9-10-14-19-24-32-33(44-32)25-20-16-17-21-26-34(36)41-28-31(29-42-45(38,39)40)43-35(37)27-22-15-12-11-13-18-23-30(2)3/h8-9,14,16,19-20,30-33H,4-7,10-13,15,17-18,21-29H2,1-3H3,(H2,38,39,40)/b9-8-,19-14-,20-16-/t31-,32?,33?/m1/s1. The first-order chi connectivity index (χ1) is 21.6. The summed E-state index contributed by atoms with van der Waals surface area (Å²) >= 11 is 0. The van der Waals surface area contributed by atoms with Gasteiger partial charge in [-0.1, -0.05) is 109 Å². The van der Waals surface area contributed by atoms with Gasteiger partial charge in [0.25, 0.3) is 0 Å². The van der Waals surface area contributed by atoms with Gasteiger partial charge in [0.15, 0.2) is 6.10 Å². The van der Waals surface area contributed by atoms with Crippen molar-refractivity contribution in [1.29, 1.82) is 0 Å². The largest absolute Gasteiger partial charge is 0.469 e. The maximum Gasteiger partial charge on any atom is 0.469 e. The molecular weight excluding hydrogens is 595 g/mol. The number of carbonyl (C=O) groups excluding carboxylic acids is 2. The van der Waals surface area contributed by atoms with Gasteiger partial charge >= 0.3 is 19.8 Å². The third kappa shape index (κ3) is 27.1. The fourth-order valence-corrected chi connectivity index (χ4v) is 5.13. The third-order valence-electron chi connectivity index (χ3n) is 7.49. The summed E-state index contributed by atoms with van der Waals surface area (Å²) in [5.74, 6) is -0.245. The Hall–Kier alpha value is -1.77. The monoisotopic (exact) mass is 656 g/mol. The fraction of sp³-hybridized carbons (Fsp3) is 0.771. The second-order valence-corrected chi connectivity index (χ2v) is 13.6. The van der Waals surface area contributed by atoms with E-state index in [1.165, 1.54) is 38.5 Å². The highest BCUT2D eigenvalue weighted by atomic mass is 31.2. The summed E-state index contributed by atoms with van der Waals surface area (Å²) in [5.41, 5.74) is 0. The van der Waals surface area contributed by atoms with E-state index in [0.29, 0.717) is 19.3 Å². The van der Waals surface area contributed by atoms with Gasteiger partial charge in [0.2, 0.25) is 0 Å². The van der Waals surface area contributed by atoms with Gasteiger partial charge in [-0.3, -0.25) is 14.1 Å². The van der Waals surface area contributed by atoms with Crippen LogP contribution in [0.5, 0.6) is 0 Å². The number of hydrogen-bond acceptors (Lipinski definition) is 7. The topological polar surface area (TPSA) is 132 Å². The second-order valence-electron chi connectivity index (χ2n) is 12.4. The molecule has 0 radical (unpaired) electrons. The molecule has 0 aromatic heterocycles. The molecule has 9 nitrogen and oxygen atoms in total. The molecule has 260 valence electrons. The number of unbranched alkanes of at least 4 members (excludes halogenated alkanes) is 9. The second kappa shape index (κ2) is 26.3. The Labute approximate surface area is 272 Å². The minimum Gasteiger partial charge on any atom is -0.462 e. The Bertz CT molecular complexity index is 909. The van der Waals surface area contributed by atoms with Gasteiger partial charge in [0.1, 0.15) is 6.61 Å². The first-order valence-corrected chi connectivity index (χ1v) is 18.8. The zero-order chi connectivity index (χ0) is 33.2. The van der Waals surface area contributed by atoms with Crippen LogP contribution < -0.4 is 0 Å². The smallest absolute Gasteiger partial charge is 0.462 e. The fourth-order valence-electron chi connectivity index (χ4n) is 4.77. The minimum atomic E-state index is -4.76. The van der Waals surface area contributed by atoms with Gasteiger partial charge in [-0.2, -0.15) is 0 Å². The molecule has 3 atom stereocenters. The number of phosphoric acid groups is 1. The summed E-state index contributed by atoms with van der Waals surface area (Å²) in [4.78, 5) is 42.5. The molecule has 1 fully saturated rings. The molecule has 1 rings (SSSR count). The van der Waals surface area contributed by atoms with Gasteiger partial charge in [-0.15, -0.1) is 0 Å². The van der Waals surface area contributed by atoms with Crippen molar-refractivity contribution in [2.24, 2.45) is 5.92 Å². The van der Waals surface area contributed by atoms with Crippen LogP contribution in [0.2, 0.25) is 0 Å². The number of rotatable bonds is 29. The molecule has 1 aliphatic heterocycles. The molecule has 0 spiro atoms. The van der Waals surface area contributed by atoms with Crippen LogP contribution in [0, 0.1) is 5.92 Å². The van der Waals surface area contributed by atoms with Crippen LogP contribution in [0.1, 0.15) is 136 Å². The lowest BCUT2D eigenvalue weighted by Crippen LogP contribution is -2.29. The summed E-state index contributed by atoms with van der Waals surface area (Å²) in [6.45, 7) is 5.79. The first kappa shape index (κ1) is 41.3. The van der Waals surface area contributed by atoms with E-state index in [1.54, 1.807) is 0 Å². The SMILES string of the molecule is CCCCC/C=C\C/C=C\CC1OC1C/C=C\CCCC(=O)OC[C@H](COP(=O)(O)O)OC(=O)CCCCCCCCC(C)C. The molecule has 1 heterocycles. The molecule has 45 heavy (non-hydrogen) atoms. The van der Waals surface area contributed by atoms with E-state index in [4.69, 9.17) is 24.0 Å². The van der Waals surface area contributed by atoms with Crippen molar-refractivity contribution < 1.29 is 42.7 Å². The molecule has 1 aliphatic rings. The van der Waals surface area contributed by atoms with Gasteiger partial charge in [0.05, 0.1) is 18.8 Å². The van der Waals surface area contributed by atoms with Gasteiger partial charge < -0.3 is 24.0 Å². The van der Waals surface area contributed by atoms with Crippen LogP contribution in [-0.4, -0.2) is 53.3 Å². The Morgan fingerprint density at radius 2 is 1.36 bits per heavy atom. The molecule has 2 unspecified atom stereocenters. The molecular formula is C35H61O9P. The van der Waals surface area contributed by atoms with Crippen molar-refractivity contribution in [3.05, 3.63) is 36.5 Å². The van der Waals surface area contributed by atoms with Crippen molar-refractivity contribution in [3.63, 3.8) is 0 Å². The van der Waals surface area contributed by atoms with Crippen molar-refractivity contribution in [2.45, 2.75) is 155 Å². The Balaban J connectivity index is 2.17. The van der Waals surface area contributed by atoms with Crippen molar-refractivity contribution in [1.82, 2.24) is 0 Å². The molecule has 2 N–H and O–H groups in total. The molecule has 0 amide bonds. The average molecular weight is 657 g/mol. The van der Waals surface area contributed by atoms with E-state index in [1.807, 2.05) is 6.08 Å². The van der Waals surface area contributed by atoms with Crippen molar-refractivity contribution in [2.75, 3.05) is 13.2 Å². The highest BCUT2D eigenvalue weighted by Gasteiger charge is 2.36. The van der Waals surface area contributed by atoms with E-state index < -0.39 is 32.5 Å². The maximum atomic E-state index is 12.3. The number of ether oxygens (including phenoxy) is 3. The predicted octanol–water partition coefficient (Wildman–Crippen LogP) is 8.68. The zero-order valence-electron chi connectivity index (χ0n) is 28.1. The highest BCUT2D eigenvalue weighted by molar-refractivity contribution is 7.46. The zero-order valence-corrected chi connectivity index (χ0v) is 29.0. The number of epoxide rings is 1. The van der Waals surface area contributed by atoms with Crippen LogP contribution in [0.3, 0.4) is 0 Å². The van der Waals surface area contributed by atoms with Crippen LogP contribution in [0.15, 0.2) is 36.5 Å². The summed E-state index contributed by atoms with van der Waals surface area (Å²) < 4.78 is 31.9. The number of hydrogen-bond donors (Lipinski definition) is 2. The molecule has 0 aromatic rings. The van der Waals surface area contributed by atoms with E-state index in [0.717, 1.165) is 50.9 Å². The normalized spacial score (nSPS) is 17.6. The van der Waals surface area contributed by atoms with Crippen molar-refractivity contribution >= 4 is 19.8 Å². The summed E-state index contributed by atoms with van der Waals surface area (Å²) in [6, 6.07) is 0. The quantitative estimate of drug-likeness (QED) is 0.0267. The lowest BCUT2D eigenvalue weighted by molar-refractivity contribution is -0.161. The summed E-state index contributed by atoms with van der Waals surface area (Å²) in [6.07, 6.45) is 29.3. The van der Waals surface area contributed by atoms with Crippen LogP contribution >= 0.6 is 7.82 Å². The van der Waals surface area contributed by atoms with E-state index >= 15 is 0 Å². The third-order valence-corrected chi connectivity index (χ3v) is 7.98. The van der Waals surface area contributed by atoms with Crippen molar-refractivity contribution in [3.8, 4) is 0 Å². The van der Waals surface area contributed by atoms with Crippen LogP contribution in [-0.2, 0) is 32.9 Å². The molecule has 0 bridgehead atoms. The Kier molecular flexibility index (Phi) is 24.1. The van der Waals surface area contributed by atoms with Gasteiger partial charge in [-0.25, -0.2) is 4.57 Å². The number of phosphoric ester groups is 1. The lowest BCUT2D eigenvalue weighted by atomic mass is 10.0. The molecule has 10 heteroatoms. The predicted molar refractivity (Wildman–Crippen MR) is 179 cm³/mol. The van der Waals surface area contributed by atoms with Crippen LogP contribution in [0.25, 0.3) is 0 Å². The van der Waals surface area contributed by atoms with E-state index in [2.05, 4.69) is 55.7 Å². The molecule has 0 aromatic carbocycles. The van der Waals surface area contributed by atoms with Gasteiger partial charge in [0, 0.05) is 12.8 Å². The van der Waals surface area contributed by atoms with Gasteiger partial charge in [-0.05, 0) is 57.3 Å². The number of esters is 2. The maximum absolute atomic E-state index is 12.3. The summed E-state index contributed by atoms with van der Waals surface area (Å²) in [7, 11) is -4.76. The Morgan fingerprint density at radius 1 is 0.756 bits per heavy atom. The molecule has 1 saturated heterocycles. The lowest BCUT2D eigenvalue weighted by Gasteiger charge is -2.18. The molecule has 0 saturated carbocycles. The molecule has 0 aliphatic carbocycles. The van der Waals surface area contributed by atoms with Crippen LogP contribution in [0.4, 0.5) is 0 Å². The average Bonchev–Trinajstić information content (AvgIpc) is 3.74. The summed E-state index contributed by atoms with van der Waals surface area (Å²) in [5, 5.41) is 0. The van der Waals surface area contributed by atoms with E-state index in [9.17, 15) is 14.2 Å². The number of carbonyl (C=O) groups is 2. The van der Waals surface area contributed by atoms with E-state index in [-0.39, 0.29) is 31.7 Å². The highest BCUT2D eigenvalue weighted by Crippen LogP contribution is 2.36. The minimum absolute atomic E-state index is 0.182. The number of allylic oxidation sites excluding steroid dienone is 4.